The van der Waals surface area contributed by atoms with E-state index in [1.165, 1.54) is 0 Å². The van der Waals surface area contributed by atoms with E-state index in [0.717, 1.165) is 36.2 Å². The predicted octanol–water partition coefficient (Wildman–Crippen LogP) is 2.13. The van der Waals surface area contributed by atoms with Gasteiger partial charge in [-0.3, -0.25) is 9.59 Å². The number of likely N-dealkylation sites (tertiary alicyclic amines) is 1. The Morgan fingerprint density at radius 1 is 1.35 bits per heavy atom. The normalized spacial score (nSPS) is 17.5. The molecule has 1 N–H and O–H groups in total. The number of imidazole rings is 1. The second kappa shape index (κ2) is 7.89. The van der Waals surface area contributed by atoms with Crippen LogP contribution >= 0.6 is 0 Å². The van der Waals surface area contributed by atoms with Gasteiger partial charge in [0.05, 0.1) is 17.0 Å². The Labute approximate surface area is 154 Å². The van der Waals surface area contributed by atoms with Crippen LogP contribution in [0, 0.1) is 11.8 Å². The largest absolute Gasteiger partial charge is 0.356 e. The third-order valence-corrected chi connectivity index (χ3v) is 4.93. The van der Waals surface area contributed by atoms with Gasteiger partial charge in [0.25, 0.3) is 0 Å². The highest BCUT2D eigenvalue weighted by Gasteiger charge is 2.34. The van der Waals surface area contributed by atoms with Crippen LogP contribution in [0.1, 0.15) is 32.5 Å². The number of rotatable bonds is 7. The maximum Gasteiger partial charge on any atom is 0.225 e. The molecule has 2 aromatic rings. The Bertz CT molecular complexity index is 796. The Kier molecular flexibility index (Phi) is 5.59. The summed E-state index contributed by atoms with van der Waals surface area (Å²) in [5, 5.41) is 2.99. The molecule has 6 heteroatoms. The summed E-state index contributed by atoms with van der Waals surface area (Å²) in [5.74, 6) is 1.33. The molecule has 0 saturated carbocycles. The van der Waals surface area contributed by atoms with Crippen molar-refractivity contribution in [1.29, 1.82) is 0 Å². The van der Waals surface area contributed by atoms with E-state index in [-0.39, 0.29) is 17.7 Å². The molecule has 1 aliphatic heterocycles. The van der Waals surface area contributed by atoms with E-state index in [1.807, 2.05) is 30.1 Å². The van der Waals surface area contributed by atoms with E-state index in [9.17, 15) is 9.59 Å². The molecular weight excluding hydrogens is 328 g/mol. The van der Waals surface area contributed by atoms with Crippen molar-refractivity contribution in [3.63, 3.8) is 0 Å². The summed E-state index contributed by atoms with van der Waals surface area (Å²) in [5.41, 5.74) is 2.13. The van der Waals surface area contributed by atoms with Crippen molar-refractivity contribution in [1.82, 2.24) is 19.8 Å². The third kappa shape index (κ3) is 4.06. The maximum atomic E-state index is 12.3. The Hall–Kier alpha value is -2.37. The maximum absolute atomic E-state index is 12.3. The van der Waals surface area contributed by atoms with E-state index in [1.54, 1.807) is 0 Å². The van der Waals surface area contributed by atoms with Crippen LogP contribution in [0.2, 0.25) is 0 Å². The third-order valence-electron chi connectivity index (χ3n) is 4.93. The molecular formula is C20H28N4O2. The summed E-state index contributed by atoms with van der Waals surface area (Å²) >= 11 is 0. The second-order valence-corrected chi connectivity index (χ2v) is 7.56. The van der Waals surface area contributed by atoms with Crippen molar-refractivity contribution in [3.8, 4) is 0 Å². The standard InChI is InChI=1S/C20H28N4O2/c1-14(2)12-24-13-15(11-19(24)25)20(26)21-10-6-9-18-22-16-7-4-5-8-17(16)23(18)3/h4-5,7-8,14-15H,6,9-13H2,1-3H3,(H,21,26). The van der Waals surface area contributed by atoms with Gasteiger partial charge in [-0.2, -0.15) is 0 Å². The molecule has 1 unspecified atom stereocenters. The first-order valence-corrected chi connectivity index (χ1v) is 9.41. The van der Waals surface area contributed by atoms with Gasteiger partial charge in [-0.15, -0.1) is 0 Å². The van der Waals surface area contributed by atoms with E-state index >= 15 is 0 Å². The number of hydrogen-bond acceptors (Lipinski definition) is 3. The van der Waals surface area contributed by atoms with Gasteiger partial charge >= 0.3 is 0 Å². The van der Waals surface area contributed by atoms with Gasteiger partial charge in [0.2, 0.25) is 11.8 Å². The van der Waals surface area contributed by atoms with Gasteiger partial charge in [-0.25, -0.2) is 4.98 Å². The summed E-state index contributed by atoms with van der Waals surface area (Å²) in [6.45, 7) is 6.06. The van der Waals surface area contributed by atoms with E-state index in [4.69, 9.17) is 0 Å². The van der Waals surface area contributed by atoms with Gasteiger partial charge in [-0.05, 0) is 24.5 Å². The van der Waals surface area contributed by atoms with Gasteiger partial charge in [-0.1, -0.05) is 26.0 Å². The zero-order valence-electron chi connectivity index (χ0n) is 15.9. The van der Waals surface area contributed by atoms with Crippen LogP contribution in [0.5, 0.6) is 0 Å². The molecule has 0 radical (unpaired) electrons. The summed E-state index contributed by atoms with van der Waals surface area (Å²) in [7, 11) is 2.02. The van der Waals surface area contributed by atoms with Crippen LogP contribution in [-0.4, -0.2) is 45.9 Å². The first-order chi connectivity index (χ1) is 12.5. The average Bonchev–Trinajstić information content (AvgIpc) is 3.12. The van der Waals surface area contributed by atoms with Crippen LogP contribution in [0.4, 0.5) is 0 Å². The SMILES string of the molecule is CC(C)CN1CC(C(=O)NCCCc2nc3ccccc3n2C)CC1=O. The predicted molar refractivity (Wildman–Crippen MR) is 102 cm³/mol. The molecule has 140 valence electrons. The highest BCUT2D eigenvalue weighted by Crippen LogP contribution is 2.19. The van der Waals surface area contributed by atoms with Gasteiger partial charge in [0.15, 0.2) is 0 Å². The summed E-state index contributed by atoms with van der Waals surface area (Å²) < 4.78 is 2.11. The molecule has 26 heavy (non-hydrogen) atoms. The molecule has 2 heterocycles. The minimum Gasteiger partial charge on any atom is -0.356 e. The smallest absolute Gasteiger partial charge is 0.225 e. The number of nitrogens with one attached hydrogen (secondary N) is 1. The highest BCUT2D eigenvalue weighted by molar-refractivity contribution is 5.89. The van der Waals surface area contributed by atoms with Gasteiger partial charge in [0.1, 0.15) is 5.82 Å². The van der Waals surface area contributed by atoms with Crippen LogP contribution < -0.4 is 5.32 Å². The van der Waals surface area contributed by atoms with Crippen molar-refractivity contribution in [3.05, 3.63) is 30.1 Å². The molecule has 1 aromatic carbocycles. The van der Waals surface area contributed by atoms with E-state index in [0.29, 0.717) is 25.4 Å². The van der Waals surface area contributed by atoms with Gasteiger partial charge < -0.3 is 14.8 Å². The van der Waals surface area contributed by atoms with Crippen LogP contribution in [0.15, 0.2) is 24.3 Å². The first kappa shape index (κ1) is 18.4. The Morgan fingerprint density at radius 2 is 2.12 bits per heavy atom. The summed E-state index contributed by atoms with van der Waals surface area (Å²) in [4.78, 5) is 30.8. The molecule has 2 amide bonds. The fraction of sp³-hybridized carbons (Fsp3) is 0.550. The number of aryl methyl sites for hydroxylation is 2. The lowest BCUT2D eigenvalue weighted by Gasteiger charge is -2.18. The number of benzene rings is 1. The molecule has 1 aromatic heterocycles. The molecule has 1 atom stereocenters. The first-order valence-electron chi connectivity index (χ1n) is 9.41. The minimum atomic E-state index is -0.211. The van der Waals surface area contributed by atoms with Crippen molar-refractivity contribution in [2.45, 2.75) is 33.1 Å². The fourth-order valence-electron chi connectivity index (χ4n) is 3.59. The van der Waals surface area contributed by atoms with Crippen molar-refractivity contribution >= 4 is 22.8 Å². The van der Waals surface area contributed by atoms with E-state index in [2.05, 4.69) is 34.8 Å². The summed E-state index contributed by atoms with van der Waals surface area (Å²) in [6, 6.07) is 8.08. The quantitative estimate of drug-likeness (QED) is 0.773. The van der Waals surface area contributed by atoms with Crippen LogP contribution in [0.25, 0.3) is 11.0 Å². The van der Waals surface area contributed by atoms with Crippen molar-refractivity contribution in [2.24, 2.45) is 18.9 Å². The number of carbonyl (C=O) groups is 2. The van der Waals surface area contributed by atoms with Crippen LogP contribution in [0.3, 0.4) is 0 Å². The lowest BCUT2D eigenvalue weighted by Crippen LogP contribution is -2.34. The molecule has 1 fully saturated rings. The number of para-hydroxylation sites is 2. The molecule has 0 bridgehead atoms. The van der Waals surface area contributed by atoms with Crippen LogP contribution in [-0.2, 0) is 23.1 Å². The topological polar surface area (TPSA) is 67.2 Å². The molecule has 1 aliphatic rings. The molecule has 6 nitrogen and oxygen atoms in total. The number of nitrogens with zero attached hydrogens (tertiary/aromatic N) is 3. The molecule has 0 aliphatic carbocycles. The molecule has 3 rings (SSSR count). The number of aromatic nitrogens is 2. The second-order valence-electron chi connectivity index (χ2n) is 7.56. The molecule has 1 saturated heterocycles. The lowest BCUT2D eigenvalue weighted by molar-refractivity contribution is -0.129. The average molecular weight is 356 g/mol. The minimum absolute atomic E-state index is 0.00499. The number of carbonyl (C=O) groups excluding carboxylic acids is 2. The molecule has 0 spiro atoms. The monoisotopic (exact) mass is 356 g/mol. The zero-order chi connectivity index (χ0) is 18.7. The lowest BCUT2D eigenvalue weighted by atomic mass is 10.1. The Balaban J connectivity index is 1.45. The van der Waals surface area contributed by atoms with Gasteiger partial charge in [0, 0.05) is 39.5 Å². The van der Waals surface area contributed by atoms with Crippen molar-refractivity contribution in [2.75, 3.05) is 19.6 Å². The Morgan fingerprint density at radius 3 is 2.85 bits per heavy atom. The highest BCUT2D eigenvalue weighted by atomic mass is 16.2. The van der Waals surface area contributed by atoms with Crippen molar-refractivity contribution < 1.29 is 9.59 Å². The zero-order valence-corrected chi connectivity index (χ0v) is 15.9. The van der Waals surface area contributed by atoms with E-state index < -0.39 is 0 Å². The number of fused-ring (bicyclic) bond motifs is 1. The summed E-state index contributed by atoms with van der Waals surface area (Å²) in [6.07, 6.45) is 1.98. The number of hydrogen-bond donors (Lipinski definition) is 1. The number of amides is 2. The fourth-order valence-corrected chi connectivity index (χ4v) is 3.59.